The Morgan fingerprint density at radius 2 is 1.65 bits per heavy atom. The Bertz CT molecular complexity index is 1320. The summed E-state index contributed by atoms with van der Waals surface area (Å²) in [6.45, 7) is 6.01. The van der Waals surface area contributed by atoms with E-state index in [1.54, 1.807) is 52.1 Å². The largest absolute Gasteiger partial charge is 0.491 e. The van der Waals surface area contributed by atoms with Gasteiger partial charge in [-0.15, -0.1) is 12.6 Å². The second-order valence-corrected chi connectivity index (χ2v) is 10.3. The standard InChI is InChI=1S/C26H34N6O8S.H3NO/c1-26(2,3)40-25(34)30(4)12-7-13-39-22-15-17(24(27)33)14-21(32(37)38)23(22)29-11-6-5-10-28-19-9-8-18(41)16-20(19)31(35)36;1-2/h5-6,8-9,14-16,28-29,41H,7,10-13H2,1-4H3,(H2,27,33);2H,1H2/b6-5+;. The van der Waals surface area contributed by atoms with Gasteiger partial charge in [-0.05, 0) is 45.4 Å². The first-order valence-electron chi connectivity index (χ1n) is 12.7. The van der Waals surface area contributed by atoms with Crippen LogP contribution in [0.25, 0.3) is 0 Å². The molecule has 0 atom stereocenters. The first kappa shape index (κ1) is 36.4. The lowest BCUT2D eigenvalue weighted by Gasteiger charge is -2.24. The summed E-state index contributed by atoms with van der Waals surface area (Å²) in [5.41, 5.74) is 4.45. The van der Waals surface area contributed by atoms with E-state index in [-0.39, 0.29) is 42.4 Å². The van der Waals surface area contributed by atoms with E-state index >= 15 is 0 Å². The predicted octanol–water partition coefficient (Wildman–Crippen LogP) is 3.94. The van der Waals surface area contributed by atoms with E-state index < -0.39 is 33.1 Å². The van der Waals surface area contributed by atoms with Crippen molar-refractivity contribution < 1.29 is 34.1 Å². The van der Waals surface area contributed by atoms with Gasteiger partial charge in [0.05, 0.1) is 16.5 Å². The number of nitro groups is 2. The number of thiol groups is 1. The fourth-order valence-electron chi connectivity index (χ4n) is 3.41. The lowest BCUT2D eigenvalue weighted by molar-refractivity contribution is -0.384. The number of hydrogen-bond donors (Lipinski definition) is 6. The summed E-state index contributed by atoms with van der Waals surface area (Å²) in [7, 11) is 1.58. The molecule has 2 aromatic rings. The number of nitrogens with two attached hydrogens (primary N) is 2. The minimum atomic E-state index is -0.861. The van der Waals surface area contributed by atoms with Crippen LogP contribution in [0.1, 0.15) is 37.6 Å². The zero-order chi connectivity index (χ0) is 32.7. The third kappa shape index (κ3) is 12.4. The number of hydrogen-bond acceptors (Lipinski definition) is 13. The van der Waals surface area contributed by atoms with Crippen LogP contribution in [0.5, 0.6) is 5.75 Å². The molecule has 0 saturated carbocycles. The Kier molecular flexibility index (Phi) is 14.7. The summed E-state index contributed by atoms with van der Waals surface area (Å²) in [6.07, 6.45) is 3.22. The van der Waals surface area contributed by atoms with Gasteiger partial charge in [0.25, 0.3) is 11.4 Å². The molecule has 0 bridgehead atoms. The van der Waals surface area contributed by atoms with Crippen LogP contribution in [-0.2, 0) is 4.74 Å². The monoisotopic (exact) mass is 623 g/mol. The van der Waals surface area contributed by atoms with Gasteiger partial charge >= 0.3 is 6.09 Å². The van der Waals surface area contributed by atoms with Gasteiger partial charge < -0.3 is 35.9 Å². The Balaban J connectivity index is 0.00000452. The Labute approximate surface area is 253 Å². The molecule has 0 unspecified atom stereocenters. The van der Waals surface area contributed by atoms with Crippen LogP contribution in [0, 0.1) is 20.2 Å². The lowest BCUT2D eigenvalue weighted by Crippen LogP contribution is -2.35. The van der Waals surface area contributed by atoms with E-state index in [9.17, 15) is 29.8 Å². The van der Waals surface area contributed by atoms with Gasteiger partial charge in [-0.3, -0.25) is 25.0 Å². The molecular weight excluding hydrogens is 586 g/mol. The summed E-state index contributed by atoms with van der Waals surface area (Å²) in [5, 5.41) is 35.4. The third-order valence-electron chi connectivity index (χ3n) is 5.31. The predicted molar refractivity (Wildman–Crippen MR) is 163 cm³/mol. The van der Waals surface area contributed by atoms with E-state index in [0.29, 0.717) is 23.5 Å². The third-order valence-corrected chi connectivity index (χ3v) is 5.59. The van der Waals surface area contributed by atoms with Crippen molar-refractivity contribution in [2.24, 2.45) is 11.6 Å². The maximum Gasteiger partial charge on any atom is 0.410 e. The van der Waals surface area contributed by atoms with E-state index in [4.69, 9.17) is 20.4 Å². The molecule has 0 spiro atoms. The zero-order valence-corrected chi connectivity index (χ0v) is 25.1. The molecule has 7 N–H and O–H groups in total. The average Bonchev–Trinajstić information content (AvgIpc) is 2.93. The number of benzene rings is 2. The molecular formula is C26H37N7O9S. The SMILES string of the molecule is CN(CCCOc1cc(C(N)=O)cc([N+](=O)[O-])c1NC/C=C/CNc1ccc(S)cc1[N+](=O)[O-])C(=O)OC(C)(C)C.NO. The molecule has 0 aromatic heterocycles. The van der Waals surface area contributed by atoms with Crippen molar-refractivity contribution in [3.05, 3.63) is 68.3 Å². The van der Waals surface area contributed by atoms with Crippen LogP contribution in [0.3, 0.4) is 0 Å². The molecule has 17 heteroatoms. The highest BCUT2D eigenvalue weighted by Gasteiger charge is 2.23. The number of rotatable bonds is 14. The molecule has 2 aromatic carbocycles. The second-order valence-electron chi connectivity index (χ2n) is 9.79. The Morgan fingerprint density at radius 3 is 2.21 bits per heavy atom. The number of amides is 2. The molecule has 0 aliphatic heterocycles. The second kappa shape index (κ2) is 17.4. The van der Waals surface area contributed by atoms with Gasteiger partial charge in [-0.25, -0.2) is 10.7 Å². The molecule has 0 saturated heterocycles. The van der Waals surface area contributed by atoms with Gasteiger partial charge in [0.15, 0.2) is 5.69 Å². The van der Waals surface area contributed by atoms with Crippen LogP contribution in [-0.4, -0.2) is 70.8 Å². The van der Waals surface area contributed by atoms with Crippen molar-refractivity contribution in [3.8, 4) is 5.75 Å². The van der Waals surface area contributed by atoms with Crippen molar-refractivity contribution in [1.29, 1.82) is 0 Å². The van der Waals surface area contributed by atoms with Crippen molar-refractivity contribution in [1.82, 2.24) is 4.90 Å². The van der Waals surface area contributed by atoms with Crippen LogP contribution in [0.2, 0.25) is 0 Å². The van der Waals surface area contributed by atoms with Gasteiger partial charge in [0.2, 0.25) is 5.91 Å². The highest BCUT2D eigenvalue weighted by Crippen LogP contribution is 2.36. The molecule has 236 valence electrons. The maximum absolute atomic E-state index is 12.1. The minimum Gasteiger partial charge on any atom is -0.491 e. The number of primary amides is 1. The summed E-state index contributed by atoms with van der Waals surface area (Å²) in [5.74, 6) is 2.68. The van der Waals surface area contributed by atoms with Crippen LogP contribution in [0.4, 0.5) is 27.5 Å². The van der Waals surface area contributed by atoms with Crippen LogP contribution >= 0.6 is 12.6 Å². The molecule has 0 radical (unpaired) electrons. The topological polar surface area (TPSA) is 238 Å². The molecule has 2 amide bonds. The number of carbonyl (C=O) groups excluding carboxylic acids is 2. The average molecular weight is 624 g/mol. The van der Waals surface area contributed by atoms with E-state index in [2.05, 4.69) is 29.2 Å². The first-order valence-corrected chi connectivity index (χ1v) is 13.2. The molecule has 0 aliphatic rings. The Hall–Kier alpha value is -4.61. The number of nitrogens with one attached hydrogen (secondary N) is 2. The molecule has 0 heterocycles. The van der Waals surface area contributed by atoms with E-state index in [1.807, 2.05) is 0 Å². The Morgan fingerprint density at radius 1 is 1.05 bits per heavy atom. The van der Waals surface area contributed by atoms with Gasteiger partial charge in [0, 0.05) is 49.3 Å². The van der Waals surface area contributed by atoms with Crippen molar-refractivity contribution in [2.45, 2.75) is 37.7 Å². The van der Waals surface area contributed by atoms with Gasteiger partial charge in [-0.1, -0.05) is 12.2 Å². The fraction of sp³-hybridized carbons (Fsp3) is 0.385. The minimum absolute atomic E-state index is 0.0399. The normalized spacial score (nSPS) is 10.8. The molecule has 43 heavy (non-hydrogen) atoms. The number of ether oxygens (including phenoxy) is 2. The van der Waals surface area contributed by atoms with Crippen molar-refractivity contribution >= 4 is 47.4 Å². The van der Waals surface area contributed by atoms with Crippen LogP contribution < -0.4 is 27.0 Å². The van der Waals surface area contributed by atoms with Gasteiger partial charge in [0.1, 0.15) is 17.0 Å². The van der Waals surface area contributed by atoms with Crippen molar-refractivity contribution in [2.75, 3.05) is 43.9 Å². The highest BCUT2D eigenvalue weighted by atomic mass is 32.1. The summed E-state index contributed by atoms with van der Waals surface area (Å²) in [6, 6.07) is 6.87. The molecule has 16 nitrogen and oxygen atoms in total. The van der Waals surface area contributed by atoms with Gasteiger partial charge in [-0.2, -0.15) is 0 Å². The quantitative estimate of drug-likeness (QED) is 0.0577. The zero-order valence-electron chi connectivity index (χ0n) is 24.2. The molecule has 0 fully saturated rings. The summed E-state index contributed by atoms with van der Waals surface area (Å²) in [4.78, 5) is 47.6. The highest BCUT2D eigenvalue weighted by molar-refractivity contribution is 7.80. The maximum atomic E-state index is 12.1. The van der Waals surface area contributed by atoms with Crippen molar-refractivity contribution in [3.63, 3.8) is 0 Å². The number of nitro benzene ring substituents is 2. The van der Waals surface area contributed by atoms with Crippen LogP contribution in [0.15, 0.2) is 47.4 Å². The molecule has 2 rings (SSSR count). The number of carbonyl (C=O) groups is 2. The lowest BCUT2D eigenvalue weighted by atomic mass is 10.1. The summed E-state index contributed by atoms with van der Waals surface area (Å²) < 4.78 is 11.1. The number of nitrogens with zero attached hydrogens (tertiary/aromatic N) is 3. The van der Waals surface area contributed by atoms with E-state index in [1.165, 1.54) is 17.0 Å². The number of anilines is 2. The summed E-state index contributed by atoms with van der Waals surface area (Å²) >= 11 is 4.11. The first-order chi connectivity index (χ1) is 20.2. The molecule has 0 aliphatic carbocycles. The fourth-order valence-corrected chi connectivity index (χ4v) is 3.61. The smallest absolute Gasteiger partial charge is 0.410 e. The van der Waals surface area contributed by atoms with E-state index in [0.717, 1.165) is 6.07 Å².